The van der Waals surface area contributed by atoms with E-state index >= 15 is 0 Å². The zero-order chi connectivity index (χ0) is 16.1. The minimum atomic E-state index is -2.60. The lowest BCUT2D eigenvalue weighted by Crippen LogP contribution is -2.35. The van der Waals surface area contributed by atoms with Crippen LogP contribution in [0.2, 0.25) is 5.02 Å². The number of benzene rings is 1. The molecule has 0 unspecified atom stereocenters. The Kier molecular flexibility index (Phi) is 5.55. The Morgan fingerprint density at radius 3 is 2.86 bits per heavy atom. The van der Waals surface area contributed by atoms with Gasteiger partial charge in [0.2, 0.25) is 5.91 Å². The van der Waals surface area contributed by atoms with Crippen molar-refractivity contribution in [3.05, 3.63) is 47.5 Å². The quantitative estimate of drug-likeness (QED) is 0.735. The molecule has 1 aromatic carbocycles. The molecule has 0 N–H and O–H groups in total. The second-order valence-corrected chi connectivity index (χ2v) is 5.17. The highest BCUT2D eigenvalue weighted by Crippen LogP contribution is 2.33. The molecule has 6 heteroatoms. The highest BCUT2D eigenvalue weighted by atomic mass is 35.5. The molecule has 1 amide bonds. The zero-order valence-electron chi connectivity index (χ0n) is 11.9. The van der Waals surface area contributed by atoms with Gasteiger partial charge in [0, 0.05) is 17.7 Å². The van der Waals surface area contributed by atoms with Crippen molar-refractivity contribution < 1.29 is 18.3 Å². The summed E-state index contributed by atoms with van der Waals surface area (Å²) in [6, 6.07) is 4.95. The number of amides is 1. The maximum Gasteiger partial charge on any atom is 0.256 e. The molecule has 0 fully saturated rings. The molecule has 0 saturated carbocycles. The van der Waals surface area contributed by atoms with E-state index in [2.05, 4.69) is 6.58 Å². The largest absolute Gasteiger partial charge is 0.490 e. The minimum Gasteiger partial charge on any atom is -0.490 e. The van der Waals surface area contributed by atoms with Crippen LogP contribution in [0.25, 0.3) is 5.70 Å². The van der Waals surface area contributed by atoms with Crippen molar-refractivity contribution in [2.75, 3.05) is 13.2 Å². The number of halogens is 3. The first kappa shape index (κ1) is 16.5. The highest BCUT2D eigenvalue weighted by molar-refractivity contribution is 6.32. The summed E-state index contributed by atoms with van der Waals surface area (Å²) in [5.74, 6) is 0.234. The Hall–Kier alpha value is -1.88. The van der Waals surface area contributed by atoms with E-state index in [4.69, 9.17) is 16.3 Å². The molecular formula is C16H16ClF2NO2. The van der Waals surface area contributed by atoms with Gasteiger partial charge in [0.1, 0.15) is 12.4 Å². The van der Waals surface area contributed by atoms with Gasteiger partial charge in [-0.1, -0.05) is 30.3 Å². The standard InChI is InChI=1S/C16H16ClF2NO2/c1-2-8-22-11-6-7-12(13(17)9-11)14-4-3-5-16(21)20(14)10-15(18)19/h2,4,6-7,9,15H,1,3,5,8,10H2. The van der Waals surface area contributed by atoms with Gasteiger partial charge in [-0.2, -0.15) is 0 Å². The summed E-state index contributed by atoms with van der Waals surface area (Å²) >= 11 is 6.22. The van der Waals surface area contributed by atoms with Crippen molar-refractivity contribution in [3.63, 3.8) is 0 Å². The van der Waals surface area contributed by atoms with Crippen molar-refractivity contribution >= 4 is 23.2 Å². The second-order valence-electron chi connectivity index (χ2n) is 4.76. The molecule has 118 valence electrons. The minimum absolute atomic E-state index is 0.231. The van der Waals surface area contributed by atoms with E-state index in [1.807, 2.05) is 0 Å². The third kappa shape index (κ3) is 3.85. The number of carbonyl (C=O) groups is 1. The van der Waals surface area contributed by atoms with Crippen LogP contribution < -0.4 is 4.74 Å². The lowest BCUT2D eigenvalue weighted by Gasteiger charge is -2.29. The first-order chi connectivity index (χ1) is 10.5. The van der Waals surface area contributed by atoms with Crippen molar-refractivity contribution in [1.82, 2.24) is 4.90 Å². The average molecular weight is 328 g/mol. The van der Waals surface area contributed by atoms with Crippen LogP contribution in [0.5, 0.6) is 5.75 Å². The SMILES string of the molecule is C=CCOc1ccc(C2=CCCC(=O)N2CC(F)F)c(Cl)c1. The number of alkyl halides is 2. The van der Waals surface area contributed by atoms with Crippen LogP contribution in [0.15, 0.2) is 36.9 Å². The summed E-state index contributed by atoms with van der Waals surface area (Å²) in [6.45, 7) is 3.27. The van der Waals surface area contributed by atoms with Crippen LogP contribution in [-0.4, -0.2) is 30.4 Å². The van der Waals surface area contributed by atoms with Crippen LogP contribution in [0, 0.1) is 0 Å². The molecular weight excluding hydrogens is 312 g/mol. The Morgan fingerprint density at radius 1 is 1.45 bits per heavy atom. The third-order valence-electron chi connectivity index (χ3n) is 3.19. The van der Waals surface area contributed by atoms with Gasteiger partial charge in [-0.25, -0.2) is 8.78 Å². The number of rotatable bonds is 6. The number of allylic oxidation sites excluding steroid dienone is 1. The van der Waals surface area contributed by atoms with Crippen LogP contribution in [0.4, 0.5) is 8.78 Å². The van der Waals surface area contributed by atoms with Crippen LogP contribution in [0.3, 0.4) is 0 Å². The number of hydrogen-bond donors (Lipinski definition) is 0. The van der Waals surface area contributed by atoms with Gasteiger partial charge >= 0.3 is 0 Å². The predicted molar refractivity (Wildman–Crippen MR) is 82.1 cm³/mol. The van der Waals surface area contributed by atoms with Gasteiger partial charge in [0.15, 0.2) is 0 Å². The van der Waals surface area contributed by atoms with E-state index < -0.39 is 13.0 Å². The maximum atomic E-state index is 12.7. The number of carbonyl (C=O) groups excluding carboxylic acids is 1. The highest BCUT2D eigenvalue weighted by Gasteiger charge is 2.26. The number of ether oxygens (including phenoxy) is 1. The molecule has 0 saturated heterocycles. The monoisotopic (exact) mass is 327 g/mol. The molecule has 0 radical (unpaired) electrons. The van der Waals surface area contributed by atoms with Gasteiger partial charge in [0.25, 0.3) is 6.43 Å². The first-order valence-electron chi connectivity index (χ1n) is 6.85. The Morgan fingerprint density at radius 2 is 2.23 bits per heavy atom. The second kappa shape index (κ2) is 7.40. The molecule has 1 aliphatic rings. The van der Waals surface area contributed by atoms with Crippen molar-refractivity contribution in [2.24, 2.45) is 0 Å². The van der Waals surface area contributed by atoms with Gasteiger partial charge in [-0.15, -0.1) is 0 Å². The van der Waals surface area contributed by atoms with E-state index in [1.54, 1.807) is 30.4 Å². The van der Waals surface area contributed by atoms with E-state index in [9.17, 15) is 13.6 Å². The lowest BCUT2D eigenvalue weighted by atomic mass is 10.0. The van der Waals surface area contributed by atoms with Crippen molar-refractivity contribution in [3.8, 4) is 5.75 Å². The number of nitrogens with zero attached hydrogens (tertiary/aromatic N) is 1. The third-order valence-corrected chi connectivity index (χ3v) is 3.51. The van der Waals surface area contributed by atoms with Crippen molar-refractivity contribution in [1.29, 1.82) is 0 Å². The van der Waals surface area contributed by atoms with Gasteiger partial charge < -0.3 is 9.64 Å². The predicted octanol–water partition coefficient (Wildman–Crippen LogP) is 4.13. The molecule has 0 aliphatic carbocycles. The Labute approximate surface area is 132 Å². The fourth-order valence-corrected chi connectivity index (χ4v) is 2.52. The maximum absolute atomic E-state index is 12.7. The van der Waals surface area contributed by atoms with Crippen LogP contribution in [0.1, 0.15) is 18.4 Å². The molecule has 3 nitrogen and oxygen atoms in total. The van der Waals surface area contributed by atoms with Gasteiger partial charge in [0.05, 0.1) is 11.6 Å². The number of hydrogen-bond acceptors (Lipinski definition) is 2. The van der Waals surface area contributed by atoms with Crippen molar-refractivity contribution in [2.45, 2.75) is 19.3 Å². The molecule has 1 heterocycles. The zero-order valence-corrected chi connectivity index (χ0v) is 12.7. The fraction of sp³-hybridized carbons (Fsp3) is 0.312. The Bertz CT molecular complexity index is 602. The first-order valence-corrected chi connectivity index (χ1v) is 7.23. The lowest BCUT2D eigenvalue weighted by molar-refractivity contribution is -0.129. The van der Waals surface area contributed by atoms with E-state index in [0.717, 1.165) is 4.90 Å². The fourth-order valence-electron chi connectivity index (χ4n) is 2.25. The average Bonchev–Trinajstić information content (AvgIpc) is 2.47. The van der Waals surface area contributed by atoms with Crippen LogP contribution >= 0.6 is 11.6 Å². The summed E-state index contributed by atoms with van der Waals surface area (Å²) in [6.07, 6.45) is 1.51. The topological polar surface area (TPSA) is 29.5 Å². The summed E-state index contributed by atoms with van der Waals surface area (Å²) in [5.41, 5.74) is 0.971. The molecule has 0 spiro atoms. The molecule has 0 aromatic heterocycles. The van der Waals surface area contributed by atoms with E-state index in [0.29, 0.717) is 35.1 Å². The summed E-state index contributed by atoms with van der Waals surface area (Å²) < 4.78 is 30.8. The summed E-state index contributed by atoms with van der Waals surface area (Å²) in [5, 5.41) is 0.349. The van der Waals surface area contributed by atoms with E-state index in [1.165, 1.54) is 0 Å². The summed E-state index contributed by atoms with van der Waals surface area (Å²) in [4.78, 5) is 13.0. The molecule has 1 aliphatic heterocycles. The van der Waals surface area contributed by atoms with Crippen LogP contribution in [-0.2, 0) is 4.79 Å². The molecule has 0 bridgehead atoms. The summed E-state index contributed by atoms with van der Waals surface area (Å²) in [7, 11) is 0. The molecule has 0 atom stereocenters. The van der Waals surface area contributed by atoms with E-state index in [-0.39, 0.29) is 12.3 Å². The van der Waals surface area contributed by atoms with Gasteiger partial charge in [-0.3, -0.25) is 4.79 Å². The normalized spacial score (nSPS) is 15.0. The molecule has 2 rings (SSSR count). The molecule has 1 aromatic rings. The molecule has 22 heavy (non-hydrogen) atoms. The smallest absolute Gasteiger partial charge is 0.256 e. The Balaban J connectivity index is 2.30. The van der Waals surface area contributed by atoms with Gasteiger partial charge in [-0.05, 0) is 24.6 Å².